The van der Waals surface area contributed by atoms with Crippen molar-refractivity contribution < 1.29 is 17.7 Å². The van der Waals surface area contributed by atoms with Crippen molar-refractivity contribution in [2.45, 2.75) is 24.8 Å². The number of aromatic nitrogens is 2. The lowest BCUT2D eigenvalue weighted by molar-refractivity contribution is 0.311. The fourth-order valence-electron chi connectivity index (χ4n) is 3.38. The Hall–Kier alpha value is -3.49. The highest BCUT2D eigenvalue weighted by Gasteiger charge is 2.29. The first-order valence-electron chi connectivity index (χ1n) is 10.5. The summed E-state index contributed by atoms with van der Waals surface area (Å²) in [5.74, 6) is 1.19. The van der Waals surface area contributed by atoms with Gasteiger partial charge in [-0.1, -0.05) is 61.5 Å². The molecule has 0 saturated carbocycles. The maximum absolute atomic E-state index is 13.1. The van der Waals surface area contributed by atoms with Crippen molar-refractivity contribution in [2.75, 3.05) is 7.11 Å². The standard InChI is InChI=1S/C25H25N3O4S/c1-17(2)23(25-26-24(27-32-25)20-9-13-21(31-3)14-10-20)28-33(29,30)22-15-11-19(12-16-22)18-7-5-4-6-8-18/h4-17,23,28H,1-3H3/t23-/m0/s1. The highest BCUT2D eigenvalue weighted by molar-refractivity contribution is 7.89. The van der Waals surface area contributed by atoms with E-state index in [-0.39, 0.29) is 16.7 Å². The first-order valence-corrected chi connectivity index (χ1v) is 12.0. The molecule has 1 N–H and O–H groups in total. The van der Waals surface area contributed by atoms with E-state index in [1.54, 1.807) is 43.5 Å². The predicted octanol–water partition coefficient (Wildman–Crippen LogP) is 5.09. The van der Waals surface area contributed by atoms with Gasteiger partial charge >= 0.3 is 0 Å². The lowest BCUT2D eigenvalue weighted by Crippen LogP contribution is -2.32. The van der Waals surface area contributed by atoms with Gasteiger partial charge in [-0.05, 0) is 53.4 Å². The summed E-state index contributed by atoms with van der Waals surface area (Å²) in [7, 11) is -2.22. The molecular formula is C25H25N3O4S. The summed E-state index contributed by atoms with van der Waals surface area (Å²) in [5, 5.41) is 4.03. The Labute approximate surface area is 193 Å². The fraction of sp³-hybridized carbons (Fsp3) is 0.200. The number of nitrogens with one attached hydrogen (secondary N) is 1. The van der Waals surface area contributed by atoms with Crippen LogP contribution in [0.15, 0.2) is 88.3 Å². The number of methoxy groups -OCH3 is 1. The van der Waals surface area contributed by atoms with Crippen molar-refractivity contribution in [3.8, 4) is 28.3 Å². The van der Waals surface area contributed by atoms with E-state index in [1.807, 2.05) is 56.3 Å². The second kappa shape index (κ2) is 9.56. The first kappa shape index (κ1) is 22.7. The van der Waals surface area contributed by atoms with Crippen molar-refractivity contribution >= 4 is 10.0 Å². The van der Waals surface area contributed by atoms with E-state index in [2.05, 4.69) is 14.9 Å². The van der Waals surface area contributed by atoms with Crippen LogP contribution in [0.4, 0.5) is 0 Å². The summed E-state index contributed by atoms with van der Waals surface area (Å²) in [6.45, 7) is 3.78. The van der Waals surface area contributed by atoms with Gasteiger partial charge in [-0.15, -0.1) is 0 Å². The van der Waals surface area contributed by atoms with Crippen LogP contribution in [0.2, 0.25) is 0 Å². The van der Waals surface area contributed by atoms with E-state index in [0.717, 1.165) is 16.7 Å². The SMILES string of the molecule is COc1ccc(-c2noc([C@@H](NS(=O)(=O)c3ccc(-c4ccccc4)cc3)C(C)C)n2)cc1. The van der Waals surface area contributed by atoms with Crippen LogP contribution in [0.1, 0.15) is 25.8 Å². The third kappa shape index (κ3) is 5.13. The summed E-state index contributed by atoms with van der Waals surface area (Å²) >= 11 is 0. The van der Waals surface area contributed by atoms with E-state index in [0.29, 0.717) is 11.6 Å². The largest absolute Gasteiger partial charge is 0.497 e. The number of ether oxygens (including phenoxy) is 1. The Morgan fingerprint density at radius 1 is 0.848 bits per heavy atom. The molecule has 7 nitrogen and oxygen atoms in total. The average molecular weight is 464 g/mol. The second-order valence-electron chi connectivity index (χ2n) is 7.92. The highest BCUT2D eigenvalue weighted by atomic mass is 32.2. The van der Waals surface area contributed by atoms with Gasteiger partial charge in [0.15, 0.2) is 0 Å². The predicted molar refractivity (Wildman–Crippen MR) is 126 cm³/mol. The molecule has 1 heterocycles. The van der Waals surface area contributed by atoms with Crippen LogP contribution in [0, 0.1) is 5.92 Å². The lowest BCUT2D eigenvalue weighted by Gasteiger charge is -2.18. The van der Waals surface area contributed by atoms with Gasteiger partial charge in [-0.2, -0.15) is 9.71 Å². The molecule has 1 aromatic heterocycles. The highest BCUT2D eigenvalue weighted by Crippen LogP contribution is 2.27. The van der Waals surface area contributed by atoms with Crippen molar-refractivity contribution in [1.82, 2.24) is 14.9 Å². The molecule has 3 aromatic carbocycles. The first-order chi connectivity index (χ1) is 15.9. The molecule has 0 spiro atoms. The topological polar surface area (TPSA) is 94.3 Å². The summed E-state index contributed by atoms with van der Waals surface area (Å²) in [5.41, 5.74) is 2.70. The molecule has 4 rings (SSSR count). The summed E-state index contributed by atoms with van der Waals surface area (Å²) in [4.78, 5) is 4.61. The Balaban J connectivity index is 1.55. The summed E-state index contributed by atoms with van der Waals surface area (Å²) < 4.78 is 39.5. The molecule has 33 heavy (non-hydrogen) atoms. The maximum atomic E-state index is 13.1. The molecule has 0 aliphatic carbocycles. The average Bonchev–Trinajstić information content (AvgIpc) is 3.33. The molecule has 0 aliphatic heterocycles. The van der Waals surface area contributed by atoms with Gasteiger partial charge in [0.2, 0.25) is 21.7 Å². The van der Waals surface area contributed by atoms with Gasteiger partial charge in [0.25, 0.3) is 0 Å². The smallest absolute Gasteiger partial charge is 0.245 e. The van der Waals surface area contributed by atoms with Crippen LogP contribution in [-0.2, 0) is 10.0 Å². The van der Waals surface area contributed by atoms with Crippen LogP contribution in [0.25, 0.3) is 22.5 Å². The molecule has 1 atom stereocenters. The van der Waals surface area contributed by atoms with Crippen molar-refractivity contribution in [2.24, 2.45) is 5.92 Å². The van der Waals surface area contributed by atoms with Crippen LogP contribution in [0.5, 0.6) is 5.75 Å². The summed E-state index contributed by atoms with van der Waals surface area (Å²) in [6.07, 6.45) is 0. The Morgan fingerprint density at radius 3 is 2.06 bits per heavy atom. The number of benzene rings is 3. The zero-order valence-electron chi connectivity index (χ0n) is 18.6. The molecular weight excluding hydrogens is 438 g/mol. The van der Waals surface area contributed by atoms with E-state index in [4.69, 9.17) is 9.26 Å². The maximum Gasteiger partial charge on any atom is 0.245 e. The minimum atomic E-state index is -3.81. The van der Waals surface area contributed by atoms with Crippen molar-refractivity contribution in [3.63, 3.8) is 0 Å². The third-order valence-electron chi connectivity index (χ3n) is 5.28. The zero-order valence-corrected chi connectivity index (χ0v) is 19.4. The van der Waals surface area contributed by atoms with Crippen LogP contribution in [0.3, 0.4) is 0 Å². The minimum Gasteiger partial charge on any atom is -0.497 e. The molecule has 4 aromatic rings. The third-order valence-corrected chi connectivity index (χ3v) is 6.73. The molecule has 8 heteroatoms. The molecule has 0 bridgehead atoms. The van der Waals surface area contributed by atoms with Crippen LogP contribution in [-0.4, -0.2) is 25.7 Å². The molecule has 0 saturated heterocycles. The van der Waals surface area contributed by atoms with Crippen molar-refractivity contribution in [3.05, 3.63) is 84.8 Å². The Bertz CT molecular complexity index is 1300. The number of hydrogen-bond acceptors (Lipinski definition) is 6. The molecule has 0 aliphatic rings. The van der Waals surface area contributed by atoms with Gasteiger partial charge in [0.05, 0.1) is 12.0 Å². The van der Waals surface area contributed by atoms with Gasteiger partial charge in [-0.25, -0.2) is 8.42 Å². The minimum absolute atomic E-state index is 0.118. The second-order valence-corrected chi connectivity index (χ2v) is 9.63. The monoisotopic (exact) mass is 463 g/mol. The van der Waals surface area contributed by atoms with Gasteiger partial charge in [-0.3, -0.25) is 0 Å². The molecule has 170 valence electrons. The van der Waals surface area contributed by atoms with Gasteiger partial charge in [0.1, 0.15) is 11.8 Å². The number of sulfonamides is 1. The lowest BCUT2D eigenvalue weighted by atomic mass is 10.1. The molecule has 0 unspecified atom stereocenters. The summed E-state index contributed by atoms with van der Waals surface area (Å²) in [6, 6.07) is 23.1. The van der Waals surface area contributed by atoms with Crippen molar-refractivity contribution in [1.29, 1.82) is 0 Å². The van der Waals surface area contributed by atoms with Crippen LogP contribution >= 0.6 is 0 Å². The quantitative estimate of drug-likeness (QED) is 0.391. The van der Waals surface area contributed by atoms with E-state index >= 15 is 0 Å². The Morgan fingerprint density at radius 2 is 1.45 bits per heavy atom. The molecule has 0 radical (unpaired) electrons. The van der Waals surface area contributed by atoms with E-state index < -0.39 is 16.1 Å². The van der Waals surface area contributed by atoms with Crippen LogP contribution < -0.4 is 9.46 Å². The number of nitrogens with zero attached hydrogens (tertiary/aromatic N) is 2. The number of hydrogen-bond donors (Lipinski definition) is 1. The Kier molecular flexibility index (Phi) is 6.57. The molecule has 0 fully saturated rings. The number of rotatable bonds is 8. The van der Waals surface area contributed by atoms with Gasteiger partial charge in [0, 0.05) is 5.56 Å². The van der Waals surface area contributed by atoms with E-state index in [9.17, 15) is 8.42 Å². The normalized spacial score (nSPS) is 12.6. The molecule has 0 amide bonds. The fourth-order valence-corrected chi connectivity index (χ4v) is 4.72. The van der Waals surface area contributed by atoms with Gasteiger partial charge < -0.3 is 9.26 Å². The zero-order chi connectivity index (χ0) is 23.4. The van der Waals surface area contributed by atoms with E-state index in [1.165, 1.54) is 0 Å².